The van der Waals surface area contributed by atoms with E-state index in [4.69, 9.17) is 10.8 Å². The number of hydrogen-bond donors (Lipinski definition) is 0. The van der Waals surface area contributed by atoms with Crippen LogP contribution in [-0.4, -0.2) is 48.5 Å². The number of aryl methyl sites for hydroxylation is 4. The second-order valence-corrected chi connectivity index (χ2v) is 6.12. The molecule has 0 unspecified atom stereocenters. The summed E-state index contributed by atoms with van der Waals surface area (Å²) in [6.07, 6.45) is 22.1. The largest absolute Gasteiger partial charge is 2.00 e. The van der Waals surface area contributed by atoms with Crippen molar-refractivity contribution in [3.05, 3.63) is 85.7 Å². The van der Waals surface area contributed by atoms with Crippen molar-refractivity contribution in [1.82, 2.24) is 38.2 Å². The van der Waals surface area contributed by atoms with Gasteiger partial charge in [0.1, 0.15) is 0 Å². The van der Waals surface area contributed by atoms with E-state index in [9.17, 15) is 0 Å². The topological polar surface area (TPSA) is 116 Å². The molecule has 0 aliphatic carbocycles. The van der Waals surface area contributed by atoms with Gasteiger partial charge in [0.05, 0.1) is 25.3 Å². The van der Waals surface area contributed by atoms with Gasteiger partial charge in [-0.05, 0) is 27.7 Å². The summed E-state index contributed by atoms with van der Waals surface area (Å²) in [5, 5.41) is 16.9. The zero-order valence-corrected chi connectivity index (χ0v) is 26.4. The van der Waals surface area contributed by atoms with Gasteiger partial charge in [-0.1, -0.05) is 24.4 Å². The summed E-state index contributed by atoms with van der Waals surface area (Å²) in [6, 6.07) is 0. The SMILES string of the molecule is CCn1ccnc1.CCn1ccnc1.CCn1ccnc1.CCn1ccnc1.[Cd+2].[N-]=C=S.[N-]=C=S. The summed E-state index contributed by atoms with van der Waals surface area (Å²) in [7, 11) is 0. The molecule has 4 aromatic heterocycles. The maximum atomic E-state index is 7.13. The van der Waals surface area contributed by atoms with E-state index in [0.29, 0.717) is 0 Å². The van der Waals surface area contributed by atoms with Gasteiger partial charge in [0.15, 0.2) is 0 Å². The first-order valence-corrected chi connectivity index (χ1v) is 11.2. The number of aromatic nitrogens is 8. The van der Waals surface area contributed by atoms with Crippen LogP contribution in [0.2, 0.25) is 0 Å². The first-order valence-electron chi connectivity index (χ1n) is 10.4. The third kappa shape index (κ3) is 24.3. The fraction of sp³-hybridized carbons (Fsp3) is 0.364. The van der Waals surface area contributed by atoms with Crippen LogP contribution in [0.3, 0.4) is 0 Å². The zero-order chi connectivity index (χ0) is 25.9. The van der Waals surface area contributed by atoms with Crippen molar-refractivity contribution in [2.45, 2.75) is 53.9 Å². The van der Waals surface area contributed by atoms with Crippen molar-refractivity contribution in [1.29, 1.82) is 0 Å². The molecular weight excluding hydrogens is 581 g/mol. The molecule has 184 valence electrons. The molecule has 0 spiro atoms. The van der Waals surface area contributed by atoms with E-state index in [1.807, 2.05) is 43.1 Å². The van der Waals surface area contributed by atoms with Crippen molar-refractivity contribution >= 4 is 34.8 Å². The Hall–Kier alpha value is -2.64. The molecule has 0 atom stereocenters. The molecule has 0 fully saturated rings. The molecule has 0 radical (unpaired) electrons. The molecular formula is C22H32CdN10S2. The van der Waals surface area contributed by atoms with Gasteiger partial charge < -0.3 is 29.1 Å². The number of imidazole rings is 4. The molecule has 4 rings (SSSR count). The first kappa shape index (κ1) is 36.9. The fourth-order valence-corrected chi connectivity index (χ4v) is 1.90. The summed E-state index contributed by atoms with van der Waals surface area (Å²) in [4.78, 5) is 15.4. The second kappa shape index (κ2) is 29.4. The predicted octanol–water partition coefficient (Wildman–Crippen LogP) is 4.93. The van der Waals surface area contributed by atoms with Crippen molar-refractivity contribution in [3.8, 4) is 0 Å². The first-order chi connectivity index (χ1) is 16.6. The molecule has 35 heavy (non-hydrogen) atoms. The number of hydrogen-bond acceptors (Lipinski definition) is 6. The van der Waals surface area contributed by atoms with Crippen LogP contribution in [0.5, 0.6) is 0 Å². The van der Waals surface area contributed by atoms with E-state index >= 15 is 0 Å². The van der Waals surface area contributed by atoms with E-state index in [-0.39, 0.29) is 27.3 Å². The third-order valence-corrected chi connectivity index (χ3v) is 3.70. The van der Waals surface area contributed by atoms with Gasteiger partial charge in [-0.2, -0.15) is 10.3 Å². The second-order valence-electron chi connectivity index (χ2n) is 5.76. The maximum absolute atomic E-state index is 7.13. The van der Waals surface area contributed by atoms with Crippen LogP contribution in [0.15, 0.2) is 74.9 Å². The van der Waals surface area contributed by atoms with Crippen LogP contribution in [-0.2, 0) is 53.5 Å². The molecule has 0 aliphatic rings. The van der Waals surface area contributed by atoms with Crippen LogP contribution in [0.25, 0.3) is 10.8 Å². The van der Waals surface area contributed by atoms with Gasteiger partial charge in [0.2, 0.25) is 0 Å². The third-order valence-electron chi connectivity index (χ3n) is 3.70. The number of isothiocyanates is 2. The van der Waals surface area contributed by atoms with Gasteiger partial charge in [-0.15, -0.1) is 0 Å². The fourth-order valence-electron chi connectivity index (χ4n) is 1.90. The molecule has 0 bridgehead atoms. The number of nitrogens with zero attached hydrogens (tertiary/aromatic N) is 10. The predicted molar refractivity (Wildman–Crippen MR) is 144 cm³/mol. The summed E-state index contributed by atoms with van der Waals surface area (Å²) in [5.41, 5.74) is 0. The average molecular weight is 613 g/mol. The monoisotopic (exact) mass is 614 g/mol. The van der Waals surface area contributed by atoms with Crippen molar-refractivity contribution in [2.75, 3.05) is 0 Å². The van der Waals surface area contributed by atoms with E-state index < -0.39 is 0 Å². The molecule has 0 aromatic carbocycles. The molecule has 0 saturated carbocycles. The Morgan fingerprint density at radius 3 is 0.771 bits per heavy atom. The maximum Gasteiger partial charge on any atom is 2.00 e. The van der Waals surface area contributed by atoms with Crippen molar-refractivity contribution in [3.63, 3.8) is 0 Å². The molecule has 4 aromatic rings. The molecule has 0 amide bonds. The number of rotatable bonds is 4. The quantitative estimate of drug-likeness (QED) is 0.183. The van der Waals surface area contributed by atoms with Crippen LogP contribution in [0, 0.1) is 0 Å². The smallest absolute Gasteiger partial charge is 0.753 e. The Morgan fingerprint density at radius 2 is 0.714 bits per heavy atom. The molecule has 0 N–H and O–H groups in total. The molecule has 13 heteroatoms. The van der Waals surface area contributed by atoms with Gasteiger partial charge >= 0.3 is 27.3 Å². The number of thiocarbonyl (C=S) groups is 2. The molecule has 0 aliphatic heterocycles. The molecule has 4 heterocycles. The van der Waals surface area contributed by atoms with E-state index in [2.05, 4.69) is 72.1 Å². The summed E-state index contributed by atoms with van der Waals surface area (Å²) in [6.45, 7) is 12.4. The summed E-state index contributed by atoms with van der Waals surface area (Å²) in [5.74, 6) is 0. The van der Waals surface area contributed by atoms with E-state index in [1.54, 1.807) is 50.1 Å². The molecule has 10 nitrogen and oxygen atoms in total. The standard InChI is InChI=1S/4C5H8N2.2CNS.Cd/c4*1-2-7-4-3-6-5-7;2*2-1-3;/h4*3-5H,2H2,1H3;;;/q;;;;2*-1;+2. The van der Waals surface area contributed by atoms with Crippen molar-refractivity contribution < 1.29 is 27.3 Å². The Morgan fingerprint density at radius 1 is 0.543 bits per heavy atom. The van der Waals surface area contributed by atoms with Gasteiger partial charge in [-0.25, -0.2) is 19.9 Å². The Bertz CT molecular complexity index is 793. The Balaban J connectivity index is -0.000000360. The minimum Gasteiger partial charge on any atom is -0.753 e. The van der Waals surface area contributed by atoms with Crippen LogP contribution < -0.4 is 0 Å². The van der Waals surface area contributed by atoms with E-state index in [0.717, 1.165) is 26.2 Å². The van der Waals surface area contributed by atoms with Gasteiger partial charge in [0, 0.05) is 75.8 Å². The normalized spacial score (nSPS) is 7.89. The molecule has 0 saturated heterocycles. The van der Waals surface area contributed by atoms with E-state index in [1.165, 1.54) is 10.3 Å². The average Bonchev–Trinajstić information content (AvgIpc) is 3.70. The summed E-state index contributed by atoms with van der Waals surface area (Å²) >= 11 is 7.40. The van der Waals surface area contributed by atoms with Crippen LogP contribution in [0.1, 0.15) is 27.7 Å². The minimum absolute atomic E-state index is 0. The zero-order valence-electron chi connectivity index (χ0n) is 20.8. The summed E-state index contributed by atoms with van der Waals surface area (Å²) < 4.78 is 8.06. The Labute approximate surface area is 238 Å². The van der Waals surface area contributed by atoms with Gasteiger partial charge in [0.25, 0.3) is 0 Å². The van der Waals surface area contributed by atoms with Crippen LogP contribution in [0.4, 0.5) is 0 Å². The Kier molecular flexibility index (Phi) is 31.0. The van der Waals surface area contributed by atoms with Crippen LogP contribution >= 0.6 is 24.4 Å². The van der Waals surface area contributed by atoms with Crippen molar-refractivity contribution in [2.24, 2.45) is 0 Å². The minimum atomic E-state index is 0. The van der Waals surface area contributed by atoms with Gasteiger partial charge in [-0.3, -0.25) is 0 Å².